The second-order valence-corrected chi connectivity index (χ2v) is 8.82. The van der Waals surface area contributed by atoms with Crippen molar-refractivity contribution in [1.29, 1.82) is 0 Å². The lowest BCUT2D eigenvalue weighted by atomic mass is 10.0. The molecule has 3 aromatic rings. The zero-order valence-corrected chi connectivity index (χ0v) is 18.0. The second-order valence-electron chi connectivity index (χ2n) is 6.94. The van der Waals surface area contributed by atoms with Crippen molar-refractivity contribution >= 4 is 62.5 Å². The van der Waals surface area contributed by atoms with E-state index in [0.717, 1.165) is 11.3 Å². The number of aromatic nitrogens is 2. The Kier molecular flexibility index (Phi) is 7.63. The molecule has 5 N–H and O–H groups in total. The third-order valence-corrected chi connectivity index (χ3v) is 5.75. The molecule has 1 aromatic carbocycles. The summed E-state index contributed by atoms with van der Waals surface area (Å²) in [6.45, 7) is 3.89. The maximum absolute atomic E-state index is 12.7. The molecule has 0 aliphatic carbocycles. The van der Waals surface area contributed by atoms with Crippen LogP contribution in [-0.4, -0.2) is 27.8 Å². The number of nitrogens with one attached hydrogen (secondary N) is 1. The van der Waals surface area contributed by atoms with Crippen molar-refractivity contribution in [2.45, 2.75) is 33.7 Å². The van der Waals surface area contributed by atoms with Crippen LogP contribution in [0.1, 0.15) is 37.4 Å². The van der Waals surface area contributed by atoms with E-state index in [-0.39, 0.29) is 19.3 Å². The summed E-state index contributed by atoms with van der Waals surface area (Å²) >= 11 is 13.4. The summed E-state index contributed by atoms with van der Waals surface area (Å²) < 4.78 is 0. The first-order valence-corrected chi connectivity index (χ1v) is 10.4. The maximum atomic E-state index is 12.7. The highest BCUT2D eigenvalue weighted by atomic mass is 35.5. The summed E-state index contributed by atoms with van der Waals surface area (Å²) in [5.74, 6) is -0.739. The topological polar surface area (TPSA) is 124 Å². The second kappa shape index (κ2) is 9.59. The van der Waals surface area contributed by atoms with Crippen LogP contribution in [0.4, 0.5) is 5.95 Å². The van der Waals surface area contributed by atoms with Gasteiger partial charge in [0.25, 0.3) is 5.91 Å². The molecule has 0 aliphatic rings. The molecule has 2 aromatic heterocycles. The Hall–Kier alpha value is -2.42. The number of anilines is 1. The number of rotatable bonds is 6. The van der Waals surface area contributed by atoms with Gasteiger partial charge in [0.05, 0.1) is 15.6 Å². The minimum absolute atomic E-state index is 0. The predicted molar refractivity (Wildman–Crippen MR) is 124 cm³/mol. The molecule has 3 rings (SSSR count). The van der Waals surface area contributed by atoms with Crippen LogP contribution in [-0.2, 0) is 4.79 Å². The molecule has 0 aliphatic heterocycles. The van der Waals surface area contributed by atoms with Gasteiger partial charge in [-0.25, -0.2) is 9.97 Å². The number of carbonyl (C=O) groups is 2. The van der Waals surface area contributed by atoms with Crippen molar-refractivity contribution in [3.8, 4) is 11.3 Å². The van der Waals surface area contributed by atoms with E-state index in [1.54, 1.807) is 24.3 Å². The van der Waals surface area contributed by atoms with E-state index in [1.165, 1.54) is 0 Å². The van der Waals surface area contributed by atoms with Gasteiger partial charge in [0.15, 0.2) is 0 Å². The number of benzene rings is 1. The molecule has 2 heterocycles. The third-order valence-electron chi connectivity index (χ3n) is 4.18. The third kappa shape index (κ3) is 5.19. The number of carbonyl (C=O) groups excluding carboxylic acids is 2. The smallest absolute Gasteiger partial charge is 0.262 e. The van der Waals surface area contributed by atoms with Crippen LogP contribution in [0.5, 0.6) is 0 Å². The lowest BCUT2D eigenvalue weighted by Gasteiger charge is -2.16. The fourth-order valence-electron chi connectivity index (χ4n) is 2.88. The van der Waals surface area contributed by atoms with Crippen LogP contribution >= 0.6 is 34.5 Å². The molecule has 160 valence electrons. The van der Waals surface area contributed by atoms with Crippen molar-refractivity contribution in [2.24, 2.45) is 11.7 Å². The number of nitrogens with zero attached hydrogens (tertiary/aromatic N) is 2. The molecule has 2 amide bonds. The Balaban J connectivity index is 0.00000320. The van der Waals surface area contributed by atoms with E-state index in [2.05, 4.69) is 15.3 Å². The van der Waals surface area contributed by atoms with Gasteiger partial charge < -0.3 is 16.8 Å². The Labute approximate surface area is 188 Å². The monoisotopic (exact) mass is 467 g/mol. The normalized spacial score (nSPS) is 11.9. The first-order valence-electron chi connectivity index (χ1n) is 8.78. The molecular weight excluding hydrogens is 445 g/mol. The Morgan fingerprint density at radius 2 is 1.90 bits per heavy atom. The highest BCUT2D eigenvalue weighted by molar-refractivity contribution is 7.20. The molecule has 0 unspecified atom stereocenters. The minimum Gasteiger partial charge on any atom is -0.368 e. The number of nitrogens with two attached hydrogens (primary N) is 2. The largest absolute Gasteiger partial charge is 0.368 e. The van der Waals surface area contributed by atoms with Gasteiger partial charge in [0, 0.05) is 16.0 Å². The van der Waals surface area contributed by atoms with Crippen molar-refractivity contribution in [3.63, 3.8) is 0 Å². The number of halogens is 2. The van der Waals surface area contributed by atoms with Gasteiger partial charge in [0.1, 0.15) is 10.9 Å². The number of hydrogen-bond acceptors (Lipinski definition) is 6. The summed E-state index contributed by atoms with van der Waals surface area (Å²) in [6, 6.07) is 5.92. The quantitative estimate of drug-likeness (QED) is 0.491. The zero-order chi connectivity index (χ0) is 21.3. The fraction of sp³-hybridized carbons (Fsp3) is 0.300. The van der Waals surface area contributed by atoms with Gasteiger partial charge in [0.2, 0.25) is 11.9 Å². The molecule has 0 saturated heterocycles. The molecule has 7 nitrogen and oxygen atoms in total. The van der Waals surface area contributed by atoms with E-state index < -0.39 is 17.9 Å². The van der Waals surface area contributed by atoms with E-state index in [9.17, 15) is 9.59 Å². The summed E-state index contributed by atoms with van der Waals surface area (Å²) in [5, 5.41) is 4.21. The molecule has 10 heteroatoms. The van der Waals surface area contributed by atoms with E-state index in [1.807, 2.05) is 13.8 Å². The zero-order valence-electron chi connectivity index (χ0n) is 15.7. The van der Waals surface area contributed by atoms with Gasteiger partial charge in [-0.2, -0.15) is 0 Å². The number of primary amides is 1. The van der Waals surface area contributed by atoms with Crippen molar-refractivity contribution in [3.05, 3.63) is 39.2 Å². The van der Waals surface area contributed by atoms with Crippen LogP contribution in [0.15, 0.2) is 24.3 Å². The minimum atomic E-state index is -0.756. The van der Waals surface area contributed by atoms with E-state index in [0.29, 0.717) is 42.8 Å². The van der Waals surface area contributed by atoms with Crippen molar-refractivity contribution < 1.29 is 9.59 Å². The van der Waals surface area contributed by atoms with Crippen LogP contribution in [0.3, 0.4) is 0 Å². The Morgan fingerprint density at radius 1 is 1.20 bits per heavy atom. The van der Waals surface area contributed by atoms with Crippen LogP contribution in [0.25, 0.3) is 21.5 Å². The summed E-state index contributed by atoms with van der Waals surface area (Å²) in [4.78, 5) is 33.8. The lowest BCUT2D eigenvalue weighted by Crippen LogP contribution is -2.45. The van der Waals surface area contributed by atoms with Crippen molar-refractivity contribution in [1.82, 2.24) is 15.3 Å². The van der Waals surface area contributed by atoms with E-state index in [4.69, 9.17) is 34.7 Å². The molecule has 0 fully saturated rings. The van der Waals surface area contributed by atoms with Gasteiger partial charge >= 0.3 is 0 Å². The van der Waals surface area contributed by atoms with Gasteiger partial charge in [-0.1, -0.05) is 44.5 Å². The predicted octanol–water partition coefficient (Wildman–Crippen LogP) is 4.51. The van der Waals surface area contributed by atoms with Crippen molar-refractivity contribution in [2.75, 3.05) is 5.73 Å². The number of hydrogen-bond donors (Lipinski definition) is 3. The molecule has 30 heavy (non-hydrogen) atoms. The highest BCUT2D eigenvalue weighted by Crippen LogP contribution is 2.36. The molecule has 0 bridgehead atoms. The SMILES string of the molecule is C.CC(C)C[C@H](NC(=O)c1cc2c(-c3ccc(Cl)cc3Cl)nc(N)nc2s1)C(N)=O. The van der Waals surface area contributed by atoms with Crippen LogP contribution in [0, 0.1) is 5.92 Å². The highest BCUT2D eigenvalue weighted by Gasteiger charge is 2.23. The molecule has 0 radical (unpaired) electrons. The lowest BCUT2D eigenvalue weighted by molar-refractivity contribution is -0.120. The number of nitrogen functional groups attached to an aromatic ring is 1. The summed E-state index contributed by atoms with van der Waals surface area (Å²) in [6.07, 6.45) is 0.449. The van der Waals surface area contributed by atoms with Gasteiger partial charge in [-0.3, -0.25) is 9.59 Å². The Bertz CT molecular complexity index is 1100. The van der Waals surface area contributed by atoms with Crippen LogP contribution < -0.4 is 16.8 Å². The molecule has 0 saturated carbocycles. The van der Waals surface area contributed by atoms with Gasteiger partial charge in [-0.15, -0.1) is 11.3 Å². The average molecular weight is 468 g/mol. The Morgan fingerprint density at radius 3 is 2.50 bits per heavy atom. The van der Waals surface area contributed by atoms with Crippen LogP contribution in [0.2, 0.25) is 10.0 Å². The maximum Gasteiger partial charge on any atom is 0.262 e. The number of amides is 2. The summed E-state index contributed by atoms with van der Waals surface area (Å²) in [7, 11) is 0. The first-order chi connectivity index (χ1) is 13.7. The molecule has 1 atom stereocenters. The summed E-state index contributed by atoms with van der Waals surface area (Å²) in [5.41, 5.74) is 12.4. The number of fused-ring (bicyclic) bond motifs is 1. The van der Waals surface area contributed by atoms with E-state index >= 15 is 0 Å². The fourth-order valence-corrected chi connectivity index (χ4v) is 4.32. The number of thiophene rings is 1. The molecular formula is C20H23Cl2N5O2S. The first kappa shape index (κ1) is 23.9. The standard InChI is InChI=1S/C19H19Cl2N5O2S.CH4/c1-8(2)5-13(16(22)27)24-17(28)14-7-11-15(25-19(23)26-18(11)29-14)10-4-3-9(20)6-12(10)21;/h3-4,6-8,13H,5H2,1-2H3,(H2,22,27)(H,24,28)(H2,23,25,26);1H4/t13-;/m0./s1. The molecule has 0 spiro atoms. The van der Waals surface area contributed by atoms with Gasteiger partial charge in [-0.05, 0) is 36.6 Å². The average Bonchev–Trinajstić information content (AvgIpc) is 3.04.